The first-order valence-electron chi connectivity index (χ1n) is 6.53. The number of nitrogen functional groups attached to an aromatic ring is 1. The normalized spacial score (nSPS) is 13.4. The van der Waals surface area contributed by atoms with Gasteiger partial charge in [0, 0.05) is 6.07 Å². The molecule has 0 bridgehead atoms. The lowest BCUT2D eigenvalue weighted by Crippen LogP contribution is -2.24. The molecule has 9 heteroatoms. The van der Waals surface area contributed by atoms with Crippen LogP contribution in [0, 0.1) is 0 Å². The first kappa shape index (κ1) is 13.5. The number of hydrogen-bond acceptors (Lipinski definition) is 5. The van der Waals surface area contributed by atoms with Crippen LogP contribution in [0.3, 0.4) is 0 Å². The van der Waals surface area contributed by atoms with Crippen LogP contribution in [-0.4, -0.2) is 26.6 Å². The number of rotatable bonds is 1. The zero-order chi connectivity index (χ0) is 16.3. The van der Waals surface area contributed by atoms with Crippen LogP contribution < -0.4 is 16.6 Å². The molecule has 23 heavy (non-hydrogen) atoms. The number of benzene rings is 1. The van der Waals surface area contributed by atoms with Crippen LogP contribution in [0.5, 0.6) is 0 Å². The Balaban J connectivity index is 2.13. The van der Waals surface area contributed by atoms with E-state index in [1.165, 1.54) is 0 Å². The molecule has 0 atom stereocenters. The number of carbonyl (C=O) groups excluding carboxylic acids is 2. The zero-order valence-electron chi connectivity index (χ0n) is 11.4. The molecule has 8 nitrogen and oxygen atoms in total. The molecular weight excluding hydrogens is 322 g/mol. The highest BCUT2D eigenvalue weighted by molar-refractivity contribution is 6.35. The van der Waals surface area contributed by atoms with Crippen molar-refractivity contribution in [2.75, 3.05) is 5.73 Å². The van der Waals surface area contributed by atoms with Crippen LogP contribution in [0.1, 0.15) is 20.7 Å². The van der Waals surface area contributed by atoms with Crippen molar-refractivity contribution in [3.8, 4) is 5.69 Å². The molecule has 4 rings (SSSR count). The van der Waals surface area contributed by atoms with E-state index in [0.717, 1.165) is 10.6 Å². The highest BCUT2D eigenvalue weighted by Crippen LogP contribution is 2.30. The third-order valence-corrected chi connectivity index (χ3v) is 3.98. The van der Waals surface area contributed by atoms with Crippen LogP contribution in [0.15, 0.2) is 29.1 Å². The summed E-state index contributed by atoms with van der Waals surface area (Å²) < 4.78 is 1.14. The summed E-state index contributed by atoms with van der Waals surface area (Å²) >= 11 is 6.09. The average molecular weight is 330 g/mol. The number of carbonyl (C=O) groups is 2. The summed E-state index contributed by atoms with van der Waals surface area (Å²) in [7, 11) is 0. The molecule has 0 saturated carbocycles. The van der Waals surface area contributed by atoms with Crippen LogP contribution >= 0.6 is 11.6 Å². The van der Waals surface area contributed by atoms with Crippen molar-refractivity contribution in [3.63, 3.8) is 0 Å². The van der Waals surface area contributed by atoms with Crippen LogP contribution in [0.25, 0.3) is 16.6 Å². The second kappa shape index (κ2) is 4.43. The monoisotopic (exact) mass is 329 g/mol. The highest BCUT2D eigenvalue weighted by Gasteiger charge is 2.32. The molecule has 3 heterocycles. The van der Waals surface area contributed by atoms with Gasteiger partial charge in [0.25, 0.3) is 17.4 Å². The number of nitrogens with zero attached hydrogens (tertiary/aromatic N) is 2. The van der Waals surface area contributed by atoms with Crippen molar-refractivity contribution >= 4 is 40.1 Å². The summed E-state index contributed by atoms with van der Waals surface area (Å²) in [6, 6.07) is 6.10. The number of amides is 2. The van der Waals surface area contributed by atoms with Gasteiger partial charge in [0.2, 0.25) is 0 Å². The molecule has 0 radical (unpaired) electrons. The summed E-state index contributed by atoms with van der Waals surface area (Å²) in [5.41, 5.74) is 6.33. The Labute approximate surface area is 132 Å². The molecule has 0 unspecified atom stereocenters. The number of imide groups is 1. The van der Waals surface area contributed by atoms with E-state index in [1.54, 1.807) is 18.2 Å². The molecule has 2 aromatic heterocycles. The number of fused-ring (bicyclic) bond motifs is 2. The first-order chi connectivity index (χ1) is 11.0. The largest absolute Gasteiger partial charge is 0.384 e. The molecule has 0 saturated heterocycles. The topological polar surface area (TPSA) is 123 Å². The number of nitrogens with two attached hydrogens (primary N) is 1. The molecule has 4 N–H and O–H groups in total. The van der Waals surface area contributed by atoms with Gasteiger partial charge in [-0.1, -0.05) is 17.7 Å². The van der Waals surface area contributed by atoms with E-state index in [-0.39, 0.29) is 22.1 Å². The standard InChI is InChI=1S/C14H8ClN5O3/c15-11-10-6(18-19-11)2-1-3-7(10)20-8(21)4-5-9(12(20)16)14(23)17-13(5)22/h1-4H,16H2,(H,18,19)(H,17,22,23). The maximum absolute atomic E-state index is 12.4. The number of H-pyrrole nitrogens is 1. The number of nitrogens with one attached hydrogen (secondary N) is 2. The lowest BCUT2D eigenvalue weighted by atomic mass is 10.1. The fourth-order valence-electron chi connectivity index (χ4n) is 2.73. The SMILES string of the molecule is Nc1c2c(cc(=O)n1-c1cccc3n[nH]c(Cl)c13)C(=O)NC2=O. The van der Waals surface area contributed by atoms with E-state index in [2.05, 4.69) is 15.5 Å². The van der Waals surface area contributed by atoms with Gasteiger partial charge in [-0.05, 0) is 12.1 Å². The first-order valence-corrected chi connectivity index (χ1v) is 6.91. The van der Waals surface area contributed by atoms with Gasteiger partial charge >= 0.3 is 0 Å². The third kappa shape index (κ3) is 1.72. The molecule has 0 spiro atoms. The fourth-order valence-corrected chi connectivity index (χ4v) is 2.96. The van der Waals surface area contributed by atoms with Crippen molar-refractivity contribution in [2.45, 2.75) is 0 Å². The summed E-state index contributed by atoms with van der Waals surface area (Å²) in [6.45, 7) is 0. The summed E-state index contributed by atoms with van der Waals surface area (Å²) in [5, 5.41) is 9.49. The summed E-state index contributed by atoms with van der Waals surface area (Å²) in [5.74, 6) is -1.40. The Morgan fingerprint density at radius 3 is 2.74 bits per heavy atom. The van der Waals surface area contributed by atoms with Crippen LogP contribution in [0.4, 0.5) is 5.82 Å². The maximum atomic E-state index is 12.4. The predicted octanol–water partition coefficient (Wildman–Crippen LogP) is 0.833. The van der Waals surface area contributed by atoms with Gasteiger partial charge < -0.3 is 5.73 Å². The number of anilines is 1. The van der Waals surface area contributed by atoms with Gasteiger partial charge in [0.1, 0.15) is 11.0 Å². The number of hydrogen-bond donors (Lipinski definition) is 3. The minimum absolute atomic E-state index is 0.0220. The van der Waals surface area contributed by atoms with E-state index in [1.807, 2.05) is 0 Å². The van der Waals surface area contributed by atoms with E-state index in [0.29, 0.717) is 16.6 Å². The highest BCUT2D eigenvalue weighted by atomic mass is 35.5. The second-order valence-electron chi connectivity index (χ2n) is 4.98. The van der Waals surface area contributed by atoms with Crippen molar-refractivity contribution in [1.82, 2.24) is 20.1 Å². The maximum Gasteiger partial charge on any atom is 0.262 e. The number of pyridine rings is 1. The van der Waals surface area contributed by atoms with Gasteiger partial charge in [0.15, 0.2) is 0 Å². The van der Waals surface area contributed by atoms with Gasteiger partial charge in [-0.3, -0.25) is 29.4 Å². The molecule has 1 aliphatic rings. The van der Waals surface area contributed by atoms with Crippen molar-refractivity contribution in [1.29, 1.82) is 0 Å². The van der Waals surface area contributed by atoms with Crippen LogP contribution in [-0.2, 0) is 0 Å². The van der Waals surface area contributed by atoms with Crippen molar-refractivity contribution in [2.24, 2.45) is 0 Å². The second-order valence-corrected chi connectivity index (χ2v) is 5.36. The number of aromatic amines is 1. The quantitative estimate of drug-likeness (QED) is 0.571. The van der Waals surface area contributed by atoms with E-state index in [9.17, 15) is 14.4 Å². The molecule has 0 fully saturated rings. The van der Waals surface area contributed by atoms with Crippen LogP contribution in [0.2, 0.25) is 5.15 Å². The average Bonchev–Trinajstić information content (AvgIpc) is 3.01. The van der Waals surface area contributed by atoms with E-state index < -0.39 is 17.4 Å². The molecule has 3 aromatic rings. The lowest BCUT2D eigenvalue weighted by molar-refractivity contribution is 0.0880. The number of aromatic nitrogens is 3. The lowest BCUT2D eigenvalue weighted by Gasteiger charge is -2.12. The molecule has 1 aliphatic heterocycles. The third-order valence-electron chi connectivity index (χ3n) is 3.71. The van der Waals surface area contributed by atoms with Gasteiger partial charge in [-0.2, -0.15) is 5.10 Å². The van der Waals surface area contributed by atoms with E-state index in [4.69, 9.17) is 17.3 Å². The predicted molar refractivity (Wildman–Crippen MR) is 82.9 cm³/mol. The Kier molecular flexibility index (Phi) is 2.61. The zero-order valence-corrected chi connectivity index (χ0v) is 12.1. The molecule has 2 amide bonds. The smallest absolute Gasteiger partial charge is 0.262 e. The Hall–Kier alpha value is -3.13. The minimum Gasteiger partial charge on any atom is -0.384 e. The van der Waals surface area contributed by atoms with Gasteiger partial charge in [0.05, 0.1) is 27.7 Å². The number of halogens is 1. The minimum atomic E-state index is -0.638. The summed E-state index contributed by atoms with van der Waals surface area (Å²) in [6.07, 6.45) is 0. The summed E-state index contributed by atoms with van der Waals surface area (Å²) in [4.78, 5) is 36.0. The Morgan fingerprint density at radius 1 is 1.17 bits per heavy atom. The Bertz CT molecular complexity index is 1080. The fraction of sp³-hybridized carbons (Fsp3) is 0. The van der Waals surface area contributed by atoms with Gasteiger partial charge in [-0.25, -0.2) is 0 Å². The van der Waals surface area contributed by atoms with Crippen molar-refractivity contribution < 1.29 is 9.59 Å². The molecule has 0 aliphatic carbocycles. The molecular formula is C14H8ClN5O3. The molecule has 114 valence electrons. The van der Waals surface area contributed by atoms with E-state index >= 15 is 0 Å². The molecule has 1 aromatic carbocycles. The van der Waals surface area contributed by atoms with Gasteiger partial charge in [-0.15, -0.1) is 0 Å². The Morgan fingerprint density at radius 2 is 1.96 bits per heavy atom. The van der Waals surface area contributed by atoms with Crippen molar-refractivity contribution in [3.05, 3.63) is 50.9 Å².